The highest BCUT2D eigenvalue weighted by atomic mass is 35.5. The first-order valence-corrected chi connectivity index (χ1v) is 13.5. The van der Waals surface area contributed by atoms with E-state index in [9.17, 15) is 4.79 Å². The van der Waals surface area contributed by atoms with Gasteiger partial charge < -0.3 is 10.1 Å². The van der Waals surface area contributed by atoms with Crippen molar-refractivity contribution in [2.75, 3.05) is 7.11 Å². The summed E-state index contributed by atoms with van der Waals surface area (Å²) in [6.45, 7) is 1.98. The summed E-state index contributed by atoms with van der Waals surface area (Å²) in [7, 11) is 1.66. The van der Waals surface area contributed by atoms with Crippen LogP contribution in [-0.2, 0) is 6.42 Å². The lowest BCUT2D eigenvalue weighted by Crippen LogP contribution is -2.28. The Labute approximate surface area is 233 Å². The largest absolute Gasteiger partial charge is 0.497 e. The molecule has 5 rings (SSSR count). The number of aromatic nitrogens is 2. The summed E-state index contributed by atoms with van der Waals surface area (Å²) in [5.41, 5.74) is 6.16. The fourth-order valence-electron chi connectivity index (χ4n) is 4.89. The van der Waals surface area contributed by atoms with Crippen molar-refractivity contribution in [3.63, 3.8) is 0 Å². The third-order valence-corrected chi connectivity index (χ3v) is 7.41. The number of amides is 1. The second kappa shape index (κ2) is 11.5. The zero-order chi connectivity index (χ0) is 26.6. The van der Waals surface area contributed by atoms with E-state index in [1.54, 1.807) is 19.2 Å². The number of halogens is 2. The van der Waals surface area contributed by atoms with Crippen molar-refractivity contribution in [2.45, 2.75) is 38.6 Å². The minimum atomic E-state index is -0.202. The van der Waals surface area contributed by atoms with Crippen molar-refractivity contribution in [1.29, 1.82) is 0 Å². The van der Waals surface area contributed by atoms with Crippen molar-refractivity contribution < 1.29 is 9.53 Å². The Balaban J connectivity index is 1.63. The predicted molar refractivity (Wildman–Crippen MR) is 154 cm³/mol. The van der Waals surface area contributed by atoms with Crippen LogP contribution in [0.15, 0.2) is 72.8 Å². The molecule has 0 spiro atoms. The molecule has 1 amide bonds. The highest BCUT2D eigenvalue weighted by Crippen LogP contribution is 2.37. The third-order valence-electron chi connectivity index (χ3n) is 6.87. The Morgan fingerprint density at radius 2 is 1.76 bits per heavy atom. The number of fused-ring (bicyclic) bond motifs is 1. The van der Waals surface area contributed by atoms with Crippen LogP contribution < -0.4 is 10.1 Å². The molecule has 1 N–H and O–H groups in total. The molecular weight excluding hydrogens is 517 g/mol. The lowest BCUT2D eigenvalue weighted by atomic mass is 10.0. The van der Waals surface area contributed by atoms with Crippen LogP contribution >= 0.6 is 23.2 Å². The molecule has 0 bridgehead atoms. The molecule has 0 radical (unpaired) electrons. The van der Waals surface area contributed by atoms with Crippen LogP contribution in [0.5, 0.6) is 5.75 Å². The van der Waals surface area contributed by atoms with Crippen molar-refractivity contribution >= 4 is 40.8 Å². The highest BCUT2D eigenvalue weighted by molar-refractivity contribution is 6.35. The van der Waals surface area contributed by atoms with Gasteiger partial charge in [0.1, 0.15) is 5.75 Å². The van der Waals surface area contributed by atoms with E-state index in [1.807, 2.05) is 72.3 Å². The van der Waals surface area contributed by atoms with Gasteiger partial charge in [-0.15, -0.1) is 0 Å². The number of nitrogens with zero attached hydrogens (tertiary/aromatic N) is 2. The van der Waals surface area contributed by atoms with Crippen LogP contribution in [0.25, 0.3) is 17.3 Å². The smallest absolute Gasteiger partial charge is 0.272 e. The molecule has 0 unspecified atom stereocenters. The van der Waals surface area contributed by atoms with E-state index in [-0.39, 0.29) is 11.9 Å². The van der Waals surface area contributed by atoms with Gasteiger partial charge in [0.2, 0.25) is 0 Å². The van der Waals surface area contributed by atoms with Gasteiger partial charge in [0.15, 0.2) is 5.69 Å². The summed E-state index contributed by atoms with van der Waals surface area (Å²) in [4.78, 5) is 13.7. The third kappa shape index (κ3) is 5.50. The van der Waals surface area contributed by atoms with Crippen molar-refractivity contribution in [1.82, 2.24) is 15.1 Å². The topological polar surface area (TPSA) is 56.1 Å². The summed E-state index contributed by atoms with van der Waals surface area (Å²) in [6.07, 6.45) is 5.74. The van der Waals surface area contributed by atoms with E-state index in [1.165, 1.54) is 0 Å². The molecule has 5 nitrogen and oxygen atoms in total. The molecule has 7 heteroatoms. The lowest BCUT2D eigenvalue weighted by molar-refractivity contribution is 0.0933. The summed E-state index contributed by atoms with van der Waals surface area (Å²) < 4.78 is 7.14. The fourth-order valence-corrected chi connectivity index (χ4v) is 5.38. The molecule has 0 fully saturated rings. The number of benzene rings is 3. The van der Waals surface area contributed by atoms with E-state index in [0.29, 0.717) is 21.4 Å². The number of ether oxygens (including phenoxy) is 1. The van der Waals surface area contributed by atoms with Crippen LogP contribution in [0.4, 0.5) is 0 Å². The van der Waals surface area contributed by atoms with Crippen LogP contribution in [0.1, 0.15) is 65.1 Å². The molecule has 38 heavy (non-hydrogen) atoms. The van der Waals surface area contributed by atoms with E-state index in [2.05, 4.69) is 11.4 Å². The molecule has 1 aliphatic rings. The molecule has 4 aromatic rings. The van der Waals surface area contributed by atoms with Gasteiger partial charge in [-0.2, -0.15) is 5.10 Å². The monoisotopic (exact) mass is 545 g/mol. The Hall–Kier alpha value is -3.54. The maximum Gasteiger partial charge on any atom is 0.272 e. The molecule has 194 valence electrons. The van der Waals surface area contributed by atoms with E-state index in [4.69, 9.17) is 33.0 Å². The first kappa shape index (κ1) is 26.1. The van der Waals surface area contributed by atoms with Crippen molar-refractivity contribution in [3.05, 3.63) is 111 Å². The Kier molecular flexibility index (Phi) is 7.87. The van der Waals surface area contributed by atoms with Gasteiger partial charge in [-0.05, 0) is 85.7 Å². The second-order valence-electron chi connectivity index (χ2n) is 9.44. The van der Waals surface area contributed by atoms with Crippen LogP contribution in [0.3, 0.4) is 0 Å². The van der Waals surface area contributed by atoms with Crippen molar-refractivity contribution in [3.8, 4) is 11.4 Å². The lowest BCUT2D eigenvalue weighted by Gasteiger charge is -2.14. The molecular formula is C31H29Cl2N3O2. The average Bonchev–Trinajstić information content (AvgIpc) is 3.18. The number of methoxy groups -OCH3 is 1. The Morgan fingerprint density at radius 1 is 1.03 bits per heavy atom. The fraction of sp³-hybridized carbons (Fsp3) is 0.226. The van der Waals surface area contributed by atoms with Gasteiger partial charge in [0.05, 0.1) is 29.6 Å². The molecule has 3 aromatic carbocycles. The molecule has 1 atom stereocenters. The van der Waals surface area contributed by atoms with Crippen molar-refractivity contribution in [2.24, 2.45) is 0 Å². The molecule has 0 aliphatic heterocycles. The van der Waals surface area contributed by atoms with Gasteiger partial charge in [0.25, 0.3) is 5.91 Å². The second-order valence-corrected chi connectivity index (χ2v) is 10.3. The highest BCUT2D eigenvalue weighted by Gasteiger charge is 2.28. The van der Waals surface area contributed by atoms with Gasteiger partial charge in [0, 0.05) is 10.6 Å². The summed E-state index contributed by atoms with van der Waals surface area (Å²) in [5, 5.41) is 9.04. The summed E-state index contributed by atoms with van der Waals surface area (Å²) in [6, 6.07) is 23.0. The van der Waals surface area contributed by atoms with Gasteiger partial charge in [-0.25, -0.2) is 4.68 Å². The minimum absolute atomic E-state index is 0.163. The standard InChI is InChI=1S/C31H29Cl2N3O2/c1-20(22-8-4-3-5-9-22)34-31(37)29-26-11-7-6-10-23(18-21-12-15-25(38-2)16-13-21)30(26)36(35-29)28-17-14-24(32)19-27(28)33/h3-5,8-9,12-20H,6-7,10-11H2,1-2H3,(H,34,37)/t20-/m0/s1. The molecule has 1 aliphatic carbocycles. The zero-order valence-electron chi connectivity index (χ0n) is 21.4. The number of nitrogens with one attached hydrogen (secondary N) is 1. The minimum Gasteiger partial charge on any atom is -0.497 e. The number of carbonyl (C=O) groups excluding carboxylic acids is 1. The zero-order valence-corrected chi connectivity index (χ0v) is 22.9. The van der Waals surface area contributed by atoms with E-state index >= 15 is 0 Å². The Morgan fingerprint density at radius 3 is 2.47 bits per heavy atom. The molecule has 0 saturated carbocycles. The van der Waals surface area contributed by atoms with E-state index < -0.39 is 0 Å². The molecule has 0 saturated heterocycles. The van der Waals surface area contributed by atoms with Gasteiger partial charge >= 0.3 is 0 Å². The summed E-state index contributed by atoms with van der Waals surface area (Å²) >= 11 is 12.9. The quantitative estimate of drug-likeness (QED) is 0.250. The van der Waals surface area contributed by atoms with Gasteiger partial charge in [-0.3, -0.25) is 4.79 Å². The first-order chi connectivity index (χ1) is 18.4. The van der Waals surface area contributed by atoms with E-state index in [0.717, 1.165) is 59.4 Å². The molecule has 1 aromatic heterocycles. The number of carbonyl (C=O) groups is 1. The number of hydrogen-bond acceptors (Lipinski definition) is 3. The summed E-state index contributed by atoms with van der Waals surface area (Å²) in [5.74, 6) is 0.602. The number of hydrogen-bond donors (Lipinski definition) is 1. The average molecular weight is 546 g/mol. The maximum atomic E-state index is 13.7. The number of rotatable bonds is 6. The number of allylic oxidation sites excluding steroid dienone is 1. The SMILES string of the molecule is COc1ccc(C=C2CCCCc3c(C(=O)N[C@@H](C)c4ccccc4)nn(-c4ccc(Cl)cc4Cl)c32)cc1. The first-order valence-electron chi connectivity index (χ1n) is 12.7. The maximum absolute atomic E-state index is 13.7. The Bertz CT molecular complexity index is 1480. The van der Waals surface area contributed by atoms with Gasteiger partial charge in [-0.1, -0.05) is 65.7 Å². The van der Waals surface area contributed by atoms with Crippen LogP contribution in [-0.4, -0.2) is 22.8 Å². The normalized spacial score (nSPS) is 15.0. The van der Waals surface area contributed by atoms with Crippen LogP contribution in [0, 0.1) is 0 Å². The molecule has 1 heterocycles. The van der Waals surface area contributed by atoms with Crippen LogP contribution in [0.2, 0.25) is 10.0 Å². The predicted octanol–water partition coefficient (Wildman–Crippen LogP) is 7.95.